The molecular weight excluding hydrogens is 406 g/mol. The molecule has 7 heteroatoms. The van der Waals surface area contributed by atoms with Gasteiger partial charge in [0.1, 0.15) is 6.54 Å². The highest BCUT2D eigenvalue weighted by Crippen LogP contribution is 2.21. The van der Waals surface area contributed by atoms with Crippen LogP contribution in [0.2, 0.25) is 0 Å². The van der Waals surface area contributed by atoms with Gasteiger partial charge in [-0.15, -0.1) is 0 Å². The van der Waals surface area contributed by atoms with Crippen LogP contribution in [-0.2, 0) is 19.1 Å². The summed E-state index contributed by atoms with van der Waals surface area (Å²) in [6, 6.07) is -0.158. The Morgan fingerprint density at radius 2 is 1.47 bits per heavy atom. The summed E-state index contributed by atoms with van der Waals surface area (Å²) in [6.07, 6.45) is 2.94. The fraction of sp³-hybridized carbons (Fsp3) is 0.920. The molecule has 1 N–H and O–H groups in total. The van der Waals surface area contributed by atoms with E-state index in [4.69, 9.17) is 9.47 Å². The normalized spacial score (nSPS) is 13.8. The van der Waals surface area contributed by atoms with Gasteiger partial charge in [0.25, 0.3) is 0 Å². The molecule has 0 aliphatic carbocycles. The first-order chi connectivity index (χ1) is 14.5. The molecule has 0 rings (SSSR count). The van der Waals surface area contributed by atoms with E-state index in [1.165, 1.54) is 0 Å². The number of ketones is 1. The molecule has 1 amide bonds. The van der Waals surface area contributed by atoms with Crippen LogP contribution in [0.4, 0.5) is 0 Å². The van der Waals surface area contributed by atoms with Gasteiger partial charge < -0.3 is 24.2 Å². The zero-order valence-corrected chi connectivity index (χ0v) is 22.7. The van der Waals surface area contributed by atoms with Crippen LogP contribution in [0.15, 0.2) is 0 Å². The number of unbranched alkanes of at least 4 members (excludes halogenated alkanes) is 1. The molecule has 0 saturated carbocycles. The van der Waals surface area contributed by atoms with E-state index in [1.54, 1.807) is 4.90 Å². The highest BCUT2D eigenvalue weighted by Gasteiger charge is 2.31. The van der Waals surface area contributed by atoms with Crippen molar-refractivity contribution in [2.45, 2.75) is 78.8 Å². The van der Waals surface area contributed by atoms with E-state index in [-0.39, 0.29) is 28.7 Å². The summed E-state index contributed by atoms with van der Waals surface area (Å²) in [5, 5.41) is 3.48. The first kappa shape index (κ1) is 31.0. The number of nitrogens with zero attached hydrogens (tertiary/aromatic N) is 2. The first-order valence-electron chi connectivity index (χ1n) is 12.0. The van der Waals surface area contributed by atoms with Crippen molar-refractivity contribution in [3.63, 3.8) is 0 Å². The molecule has 0 bridgehead atoms. The van der Waals surface area contributed by atoms with Crippen LogP contribution in [0.1, 0.15) is 67.2 Å². The second-order valence-corrected chi connectivity index (χ2v) is 11.9. The molecule has 190 valence electrons. The average molecular weight is 459 g/mol. The lowest BCUT2D eigenvalue weighted by Crippen LogP contribution is -2.50. The van der Waals surface area contributed by atoms with E-state index >= 15 is 0 Å². The van der Waals surface area contributed by atoms with E-state index < -0.39 is 0 Å². The topological polar surface area (TPSA) is 67.9 Å². The maximum atomic E-state index is 12.8. The minimum absolute atomic E-state index is 0.0890. The monoisotopic (exact) mass is 458 g/mol. The van der Waals surface area contributed by atoms with Crippen molar-refractivity contribution in [2.24, 2.45) is 5.41 Å². The summed E-state index contributed by atoms with van der Waals surface area (Å²) in [7, 11) is 8.24. The number of carbonyl (C=O) groups is 2. The summed E-state index contributed by atoms with van der Waals surface area (Å²) < 4.78 is 12.0. The van der Waals surface area contributed by atoms with Crippen LogP contribution in [0, 0.1) is 5.41 Å². The highest BCUT2D eigenvalue weighted by atomic mass is 16.5. The third kappa shape index (κ3) is 16.6. The van der Waals surface area contributed by atoms with E-state index in [1.807, 2.05) is 27.8 Å². The van der Waals surface area contributed by atoms with Gasteiger partial charge in [-0.1, -0.05) is 20.8 Å². The Labute approximate surface area is 197 Å². The molecule has 0 aliphatic rings. The number of nitrogens with one attached hydrogen (secondary N) is 1. The molecule has 0 aromatic heterocycles. The Morgan fingerprint density at radius 1 is 0.906 bits per heavy atom. The van der Waals surface area contributed by atoms with Crippen LogP contribution < -0.4 is 5.32 Å². The fourth-order valence-electron chi connectivity index (χ4n) is 3.15. The predicted molar refractivity (Wildman–Crippen MR) is 132 cm³/mol. The van der Waals surface area contributed by atoms with Gasteiger partial charge in [-0.3, -0.25) is 9.59 Å². The van der Waals surface area contributed by atoms with Crippen molar-refractivity contribution in [3.05, 3.63) is 0 Å². The molecule has 0 aliphatic heterocycles. The van der Waals surface area contributed by atoms with E-state index in [0.717, 1.165) is 30.3 Å². The predicted octanol–water partition coefficient (Wildman–Crippen LogP) is 3.12. The lowest BCUT2D eigenvalue weighted by atomic mass is 9.84. The smallest absolute Gasteiger partial charge is 0.224 e. The molecule has 0 saturated heterocycles. The number of carbonyl (C=O) groups excluding carboxylic acids is 2. The van der Waals surface area contributed by atoms with Gasteiger partial charge in [-0.25, -0.2) is 0 Å². The lowest BCUT2D eigenvalue weighted by molar-refractivity contribution is -0.870. The molecular formula is C25H52N3O4+. The van der Waals surface area contributed by atoms with Gasteiger partial charge in [0.05, 0.1) is 60.0 Å². The Kier molecular flexibility index (Phi) is 13.8. The summed E-state index contributed by atoms with van der Waals surface area (Å²) in [4.78, 5) is 26.9. The van der Waals surface area contributed by atoms with Gasteiger partial charge in [0, 0.05) is 24.5 Å². The standard InChI is InChI=1S/C25H52N3O4/c1-24(2,3)23(30)21(26-25(4,5)6)13-11-12-15-27(7)22(29)14-17-31-19-20-32-18-16-28(8,9)10/h21,26H,11-20H2,1-10H3/q+1. The summed E-state index contributed by atoms with van der Waals surface area (Å²) in [5.74, 6) is 0.335. The molecule has 1 unspecified atom stereocenters. The van der Waals surface area contributed by atoms with Crippen molar-refractivity contribution in [2.75, 3.05) is 67.7 Å². The van der Waals surface area contributed by atoms with Gasteiger partial charge in [-0.2, -0.15) is 0 Å². The molecule has 0 radical (unpaired) electrons. The third-order valence-corrected chi connectivity index (χ3v) is 5.06. The minimum atomic E-state index is -0.369. The number of likely N-dealkylation sites (N-methyl/N-ethyl adjacent to an activating group) is 1. The Morgan fingerprint density at radius 3 is 1.97 bits per heavy atom. The van der Waals surface area contributed by atoms with E-state index in [2.05, 4.69) is 47.2 Å². The third-order valence-electron chi connectivity index (χ3n) is 5.06. The van der Waals surface area contributed by atoms with Crippen molar-refractivity contribution in [3.8, 4) is 0 Å². The average Bonchev–Trinajstić information content (AvgIpc) is 2.62. The minimum Gasteiger partial charge on any atom is -0.379 e. The quantitative estimate of drug-likeness (QED) is 0.284. The molecule has 0 spiro atoms. The molecule has 1 atom stereocenters. The van der Waals surface area contributed by atoms with Gasteiger partial charge in [0.2, 0.25) is 5.91 Å². The number of quaternary nitrogens is 1. The molecule has 0 fully saturated rings. The number of amides is 1. The molecule has 0 heterocycles. The maximum absolute atomic E-state index is 12.8. The fourth-order valence-corrected chi connectivity index (χ4v) is 3.15. The summed E-state index contributed by atoms with van der Waals surface area (Å²) in [6.45, 7) is 16.0. The molecule has 32 heavy (non-hydrogen) atoms. The lowest BCUT2D eigenvalue weighted by Gasteiger charge is -2.32. The highest BCUT2D eigenvalue weighted by molar-refractivity contribution is 5.88. The second-order valence-electron chi connectivity index (χ2n) is 11.9. The van der Waals surface area contributed by atoms with Crippen molar-refractivity contribution in [1.82, 2.24) is 10.2 Å². The van der Waals surface area contributed by atoms with Crippen LogP contribution in [0.5, 0.6) is 0 Å². The zero-order chi connectivity index (χ0) is 25.0. The SMILES string of the molecule is CN(CCCCC(NC(C)(C)C)C(=O)C(C)(C)C)C(=O)CCOCCOCC[N+](C)(C)C. The van der Waals surface area contributed by atoms with Gasteiger partial charge in [0.15, 0.2) is 5.78 Å². The summed E-state index contributed by atoms with van der Waals surface area (Å²) in [5.41, 5.74) is -0.484. The van der Waals surface area contributed by atoms with Crippen LogP contribution in [0.25, 0.3) is 0 Å². The Balaban J connectivity index is 4.08. The largest absolute Gasteiger partial charge is 0.379 e. The number of hydrogen-bond donors (Lipinski definition) is 1. The second kappa shape index (κ2) is 14.3. The molecule has 0 aromatic rings. The van der Waals surface area contributed by atoms with E-state index in [0.29, 0.717) is 39.4 Å². The number of ether oxygens (including phenoxy) is 2. The summed E-state index contributed by atoms with van der Waals surface area (Å²) >= 11 is 0. The zero-order valence-electron chi connectivity index (χ0n) is 22.7. The number of rotatable bonds is 16. The Bertz CT molecular complexity index is 545. The number of hydrogen-bond acceptors (Lipinski definition) is 5. The van der Waals surface area contributed by atoms with Crippen LogP contribution >= 0.6 is 0 Å². The van der Waals surface area contributed by atoms with Crippen molar-refractivity contribution in [1.29, 1.82) is 0 Å². The Hall–Kier alpha value is -1.02. The van der Waals surface area contributed by atoms with Crippen LogP contribution in [-0.4, -0.2) is 100 Å². The molecule has 0 aromatic carbocycles. The van der Waals surface area contributed by atoms with Gasteiger partial charge >= 0.3 is 0 Å². The number of Topliss-reactive ketones (excluding diaryl/α,β-unsaturated/α-hetero) is 1. The molecule has 7 nitrogen and oxygen atoms in total. The maximum Gasteiger partial charge on any atom is 0.224 e. The van der Waals surface area contributed by atoms with Gasteiger partial charge in [-0.05, 0) is 40.0 Å². The van der Waals surface area contributed by atoms with Crippen LogP contribution in [0.3, 0.4) is 0 Å². The van der Waals surface area contributed by atoms with Crippen molar-refractivity contribution < 1.29 is 23.5 Å². The first-order valence-corrected chi connectivity index (χ1v) is 12.0. The van der Waals surface area contributed by atoms with E-state index in [9.17, 15) is 9.59 Å². The van der Waals surface area contributed by atoms with Crippen molar-refractivity contribution >= 4 is 11.7 Å².